The molecule has 0 saturated heterocycles. The average molecular weight is 290 g/mol. The lowest BCUT2D eigenvalue weighted by Gasteiger charge is -2.20. The quantitative estimate of drug-likeness (QED) is 0.752. The van der Waals surface area contributed by atoms with E-state index in [-0.39, 0.29) is 0 Å². The summed E-state index contributed by atoms with van der Waals surface area (Å²) >= 11 is 3.29. The molecule has 3 aromatic rings. The maximum atomic E-state index is 6.22. The number of aryl methyl sites for hydroxylation is 1. The number of nitrogen functional groups attached to an aromatic ring is 1. The molecule has 2 N–H and O–H groups in total. The molecule has 0 aliphatic rings. The lowest BCUT2D eigenvalue weighted by atomic mass is 10.2. The van der Waals surface area contributed by atoms with Crippen LogP contribution in [-0.4, -0.2) is 17.0 Å². The Labute approximate surface area is 119 Å². The molecular weight excluding hydrogens is 276 g/mol. The second-order valence-corrected chi connectivity index (χ2v) is 6.24. The van der Waals surface area contributed by atoms with Crippen LogP contribution >= 0.6 is 22.7 Å². The van der Waals surface area contributed by atoms with E-state index in [1.54, 1.807) is 22.7 Å². The highest BCUT2D eigenvalue weighted by molar-refractivity contribution is 7.16. The third-order valence-electron chi connectivity index (χ3n) is 3.16. The molecule has 0 unspecified atom stereocenters. The third-order valence-corrected chi connectivity index (χ3v) is 4.87. The van der Waals surface area contributed by atoms with Crippen molar-refractivity contribution >= 4 is 44.3 Å². The Bertz CT molecular complexity index is 716. The fourth-order valence-electron chi connectivity index (χ4n) is 2.05. The molecule has 0 atom stereocenters. The van der Waals surface area contributed by atoms with Crippen molar-refractivity contribution in [2.75, 3.05) is 17.7 Å². The van der Waals surface area contributed by atoms with Gasteiger partial charge in [0.15, 0.2) is 0 Å². The largest absolute Gasteiger partial charge is 0.395 e. The van der Waals surface area contributed by atoms with E-state index in [0.717, 1.165) is 33.8 Å². The summed E-state index contributed by atoms with van der Waals surface area (Å²) in [4.78, 5) is 12.0. The molecule has 0 aliphatic carbocycles. The van der Waals surface area contributed by atoms with E-state index in [2.05, 4.69) is 27.0 Å². The first-order valence-corrected chi connectivity index (χ1v) is 7.64. The van der Waals surface area contributed by atoms with Gasteiger partial charge in [0.2, 0.25) is 0 Å². The number of anilines is 2. The second kappa shape index (κ2) is 4.79. The average Bonchev–Trinajstić information content (AvgIpc) is 3.00. The molecule has 0 spiro atoms. The monoisotopic (exact) mass is 290 g/mol. The van der Waals surface area contributed by atoms with Crippen LogP contribution in [0.25, 0.3) is 10.2 Å². The highest BCUT2D eigenvalue weighted by Crippen LogP contribution is 2.33. The first-order chi connectivity index (χ1) is 9.16. The van der Waals surface area contributed by atoms with Crippen molar-refractivity contribution in [2.45, 2.75) is 13.5 Å². The van der Waals surface area contributed by atoms with E-state index in [1.165, 1.54) is 4.88 Å². The molecule has 2 heterocycles. The summed E-state index contributed by atoms with van der Waals surface area (Å²) < 4.78 is 1.13. The topological polar surface area (TPSA) is 55.0 Å². The van der Waals surface area contributed by atoms with Crippen molar-refractivity contribution in [3.05, 3.63) is 33.7 Å². The molecule has 0 aliphatic heterocycles. The minimum atomic E-state index is 0.753. The number of hydrogen-bond acceptors (Lipinski definition) is 6. The zero-order valence-electron chi connectivity index (χ0n) is 10.8. The normalized spacial score (nSPS) is 11.1. The Morgan fingerprint density at radius 2 is 2.00 bits per heavy atom. The van der Waals surface area contributed by atoms with Crippen LogP contribution in [0.3, 0.4) is 0 Å². The van der Waals surface area contributed by atoms with Gasteiger partial charge in [-0.05, 0) is 19.1 Å². The smallest absolute Gasteiger partial charge is 0.106 e. The number of hydrogen-bond donors (Lipinski definition) is 1. The molecule has 0 saturated carbocycles. The summed E-state index contributed by atoms with van der Waals surface area (Å²) in [5.74, 6) is 0. The van der Waals surface area contributed by atoms with Crippen molar-refractivity contribution in [3.63, 3.8) is 0 Å². The minimum absolute atomic E-state index is 0.753. The number of thiazole rings is 2. The zero-order valence-corrected chi connectivity index (χ0v) is 12.4. The van der Waals surface area contributed by atoms with Gasteiger partial charge in [0, 0.05) is 11.9 Å². The Hall–Kier alpha value is -1.66. The van der Waals surface area contributed by atoms with Gasteiger partial charge in [0.1, 0.15) is 5.52 Å². The van der Waals surface area contributed by atoms with Gasteiger partial charge >= 0.3 is 0 Å². The van der Waals surface area contributed by atoms with Gasteiger partial charge in [-0.25, -0.2) is 9.97 Å². The van der Waals surface area contributed by atoms with Crippen molar-refractivity contribution < 1.29 is 0 Å². The van der Waals surface area contributed by atoms with Crippen LogP contribution in [0.2, 0.25) is 0 Å². The SMILES string of the molecule is Cc1ncsc1CN(C)c1ccc2scnc2c1N. The van der Waals surface area contributed by atoms with Gasteiger partial charge in [-0.1, -0.05) is 0 Å². The van der Waals surface area contributed by atoms with E-state index >= 15 is 0 Å². The summed E-state index contributed by atoms with van der Waals surface area (Å²) in [7, 11) is 2.04. The molecule has 0 fully saturated rings. The summed E-state index contributed by atoms with van der Waals surface area (Å²) in [6.45, 7) is 2.85. The maximum Gasteiger partial charge on any atom is 0.106 e. The fourth-order valence-corrected chi connectivity index (χ4v) is 3.57. The van der Waals surface area contributed by atoms with Gasteiger partial charge in [-0.2, -0.15) is 0 Å². The molecule has 0 radical (unpaired) electrons. The van der Waals surface area contributed by atoms with E-state index < -0.39 is 0 Å². The third kappa shape index (κ3) is 2.17. The van der Waals surface area contributed by atoms with Gasteiger partial charge in [-0.15, -0.1) is 22.7 Å². The molecule has 0 amide bonds. The number of nitrogens with two attached hydrogens (primary N) is 1. The summed E-state index contributed by atoms with van der Waals surface area (Å²) in [6, 6.07) is 4.14. The molecule has 19 heavy (non-hydrogen) atoms. The molecule has 0 bridgehead atoms. The standard InChI is InChI=1S/C13H14N4S2/c1-8-11(19-6-15-8)5-17(2)9-3-4-10-13(12(9)14)16-7-18-10/h3-4,6-7H,5,14H2,1-2H3. The predicted molar refractivity (Wildman–Crippen MR) is 83.0 cm³/mol. The van der Waals surface area contributed by atoms with Crippen molar-refractivity contribution in [3.8, 4) is 0 Å². The first-order valence-electron chi connectivity index (χ1n) is 5.88. The number of aromatic nitrogens is 2. The van der Waals surface area contributed by atoms with Crippen LogP contribution in [-0.2, 0) is 6.54 Å². The number of nitrogens with zero attached hydrogens (tertiary/aromatic N) is 3. The molecule has 3 rings (SSSR count). The van der Waals surface area contributed by atoms with Crippen molar-refractivity contribution in [1.29, 1.82) is 0 Å². The van der Waals surface area contributed by atoms with E-state index in [4.69, 9.17) is 5.73 Å². The van der Waals surface area contributed by atoms with Crippen LogP contribution in [0.15, 0.2) is 23.2 Å². The summed E-state index contributed by atoms with van der Waals surface area (Å²) in [5, 5.41) is 0. The maximum absolute atomic E-state index is 6.22. The number of rotatable bonds is 3. The Morgan fingerprint density at radius 1 is 1.21 bits per heavy atom. The van der Waals surface area contributed by atoms with Gasteiger partial charge < -0.3 is 10.6 Å². The second-order valence-electron chi connectivity index (χ2n) is 4.41. The van der Waals surface area contributed by atoms with Gasteiger partial charge in [0.25, 0.3) is 0 Å². The van der Waals surface area contributed by atoms with E-state index in [0.29, 0.717) is 0 Å². The lowest BCUT2D eigenvalue weighted by molar-refractivity contribution is 0.928. The molecule has 98 valence electrons. The van der Waals surface area contributed by atoms with E-state index in [9.17, 15) is 0 Å². The molecule has 6 heteroatoms. The molecular formula is C13H14N4S2. The Balaban J connectivity index is 1.95. The lowest BCUT2D eigenvalue weighted by Crippen LogP contribution is -2.17. The van der Waals surface area contributed by atoms with Crippen LogP contribution in [0, 0.1) is 6.92 Å². The van der Waals surface area contributed by atoms with Crippen molar-refractivity contribution in [1.82, 2.24) is 9.97 Å². The summed E-state index contributed by atoms with van der Waals surface area (Å²) in [5.41, 5.74) is 13.7. The molecule has 4 nitrogen and oxygen atoms in total. The fraction of sp³-hybridized carbons (Fsp3) is 0.231. The van der Waals surface area contributed by atoms with E-state index in [1.807, 2.05) is 25.0 Å². The summed E-state index contributed by atoms with van der Waals surface area (Å²) in [6.07, 6.45) is 0. The highest BCUT2D eigenvalue weighted by atomic mass is 32.1. The molecule has 2 aromatic heterocycles. The van der Waals surface area contributed by atoms with Crippen LogP contribution < -0.4 is 10.6 Å². The van der Waals surface area contributed by atoms with Crippen LogP contribution in [0.5, 0.6) is 0 Å². The Morgan fingerprint density at radius 3 is 2.74 bits per heavy atom. The van der Waals surface area contributed by atoms with Gasteiger partial charge in [0.05, 0.1) is 39.3 Å². The van der Waals surface area contributed by atoms with Crippen LogP contribution in [0.1, 0.15) is 10.6 Å². The number of benzene rings is 1. The van der Waals surface area contributed by atoms with Crippen molar-refractivity contribution in [2.24, 2.45) is 0 Å². The first kappa shape index (κ1) is 12.4. The molecule has 1 aromatic carbocycles. The highest BCUT2D eigenvalue weighted by Gasteiger charge is 2.12. The Kier molecular flexibility index (Phi) is 3.12. The number of fused-ring (bicyclic) bond motifs is 1. The predicted octanol–water partition coefficient (Wildman–Crippen LogP) is 3.28. The zero-order chi connectivity index (χ0) is 13.4. The minimum Gasteiger partial charge on any atom is -0.395 e. The van der Waals surface area contributed by atoms with Crippen LogP contribution in [0.4, 0.5) is 11.4 Å². The van der Waals surface area contributed by atoms with Gasteiger partial charge in [-0.3, -0.25) is 0 Å².